The fourth-order valence-corrected chi connectivity index (χ4v) is 3.68. The highest BCUT2D eigenvalue weighted by Gasteiger charge is 2.14. The zero-order chi connectivity index (χ0) is 16.9. The van der Waals surface area contributed by atoms with Crippen LogP contribution in [-0.2, 0) is 22.1 Å². The van der Waals surface area contributed by atoms with E-state index >= 15 is 0 Å². The minimum atomic E-state index is -3.19. The zero-order valence-corrected chi connectivity index (χ0v) is 16.9. The van der Waals surface area contributed by atoms with E-state index in [2.05, 4.69) is 10.3 Å². The molecule has 1 aromatic rings. The standard InChI is InChI=1S/C16H24FN3O2S.HI/c1-23(21,22)11-12-7-8-14(17)9-13(12)10-19-16(18)20-15-5-3-2-4-6-15;/h7-9,15H,2-6,10-11H2,1H3,(H3,18,19,20);1H. The number of rotatable bonds is 5. The highest BCUT2D eigenvalue weighted by Crippen LogP contribution is 2.18. The van der Waals surface area contributed by atoms with Crippen LogP contribution in [0.15, 0.2) is 23.2 Å². The lowest BCUT2D eigenvalue weighted by Gasteiger charge is -2.23. The van der Waals surface area contributed by atoms with E-state index in [9.17, 15) is 12.8 Å². The summed E-state index contributed by atoms with van der Waals surface area (Å²) in [4.78, 5) is 4.24. The summed E-state index contributed by atoms with van der Waals surface area (Å²) in [6.07, 6.45) is 6.95. The summed E-state index contributed by atoms with van der Waals surface area (Å²) in [6.45, 7) is 0.161. The number of nitrogens with zero attached hydrogens (tertiary/aromatic N) is 1. The predicted molar refractivity (Wildman–Crippen MR) is 106 cm³/mol. The monoisotopic (exact) mass is 469 g/mol. The first-order chi connectivity index (χ1) is 10.8. The van der Waals surface area contributed by atoms with Crippen LogP contribution in [-0.4, -0.2) is 26.7 Å². The van der Waals surface area contributed by atoms with E-state index in [0.29, 0.717) is 23.1 Å². The first-order valence-electron chi connectivity index (χ1n) is 7.85. The lowest BCUT2D eigenvalue weighted by atomic mass is 9.96. The molecule has 0 aliphatic heterocycles. The van der Waals surface area contributed by atoms with Gasteiger partial charge in [0.15, 0.2) is 15.8 Å². The molecule has 0 amide bonds. The zero-order valence-electron chi connectivity index (χ0n) is 13.8. The van der Waals surface area contributed by atoms with Crippen molar-refractivity contribution in [2.75, 3.05) is 6.26 Å². The van der Waals surface area contributed by atoms with Gasteiger partial charge < -0.3 is 11.1 Å². The van der Waals surface area contributed by atoms with Crippen molar-refractivity contribution in [3.05, 3.63) is 35.1 Å². The number of nitrogens with two attached hydrogens (primary N) is 1. The molecule has 1 aromatic carbocycles. The Labute approximate surface area is 160 Å². The van der Waals surface area contributed by atoms with E-state index < -0.39 is 15.7 Å². The van der Waals surface area contributed by atoms with Crippen molar-refractivity contribution in [3.63, 3.8) is 0 Å². The normalized spacial score (nSPS) is 16.5. The Hall–Kier alpha value is -0.900. The summed E-state index contributed by atoms with van der Waals surface area (Å²) in [5.74, 6) is -0.216. The molecule has 0 heterocycles. The maximum Gasteiger partial charge on any atom is 0.189 e. The van der Waals surface area contributed by atoms with Gasteiger partial charge in [-0.05, 0) is 36.1 Å². The molecule has 24 heavy (non-hydrogen) atoms. The number of hydrogen-bond acceptors (Lipinski definition) is 3. The number of halogens is 2. The molecule has 0 saturated heterocycles. The van der Waals surface area contributed by atoms with Crippen LogP contribution in [0.3, 0.4) is 0 Å². The van der Waals surface area contributed by atoms with Crippen molar-refractivity contribution in [1.29, 1.82) is 0 Å². The molecule has 136 valence electrons. The van der Waals surface area contributed by atoms with E-state index in [4.69, 9.17) is 5.73 Å². The number of hydrogen-bond donors (Lipinski definition) is 2. The van der Waals surface area contributed by atoms with Crippen LogP contribution in [0, 0.1) is 5.82 Å². The summed E-state index contributed by atoms with van der Waals surface area (Å²) < 4.78 is 36.4. The highest BCUT2D eigenvalue weighted by atomic mass is 127. The van der Waals surface area contributed by atoms with Crippen molar-refractivity contribution in [2.24, 2.45) is 10.7 Å². The summed E-state index contributed by atoms with van der Waals surface area (Å²) >= 11 is 0. The van der Waals surface area contributed by atoms with Crippen molar-refractivity contribution in [2.45, 2.75) is 50.4 Å². The Morgan fingerprint density at radius 2 is 1.96 bits per heavy atom. The molecule has 2 rings (SSSR count). The van der Waals surface area contributed by atoms with Gasteiger partial charge in [0.2, 0.25) is 0 Å². The summed E-state index contributed by atoms with van der Waals surface area (Å²) in [5.41, 5.74) is 7.00. The van der Waals surface area contributed by atoms with Crippen LogP contribution in [0.4, 0.5) is 4.39 Å². The second kappa shape index (κ2) is 9.55. The third-order valence-corrected chi connectivity index (χ3v) is 4.80. The molecule has 0 atom stereocenters. The Kier molecular flexibility index (Phi) is 8.41. The van der Waals surface area contributed by atoms with Gasteiger partial charge in [-0.15, -0.1) is 24.0 Å². The Bertz CT molecular complexity index is 674. The molecule has 1 aliphatic carbocycles. The lowest BCUT2D eigenvalue weighted by Crippen LogP contribution is -2.41. The number of aliphatic imine (C=N–C) groups is 1. The number of benzene rings is 1. The van der Waals surface area contributed by atoms with Gasteiger partial charge in [-0.3, -0.25) is 0 Å². The molecule has 8 heteroatoms. The average Bonchev–Trinajstić information content (AvgIpc) is 2.47. The minimum absolute atomic E-state index is 0. The second-order valence-electron chi connectivity index (χ2n) is 6.16. The third kappa shape index (κ3) is 7.33. The summed E-state index contributed by atoms with van der Waals surface area (Å²) in [5, 5.41) is 3.19. The second-order valence-corrected chi connectivity index (χ2v) is 8.30. The molecule has 0 unspecified atom stereocenters. The number of sulfone groups is 1. The third-order valence-electron chi connectivity index (χ3n) is 3.96. The Balaban J connectivity index is 0.00000288. The maximum absolute atomic E-state index is 13.4. The first-order valence-corrected chi connectivity index (χ1v) is 9.91. The van der Waals surface area contributed by atoms with Crippen LogP contribution in [0.5, 0.6) is 0 Å². The van der Waals surface area contributed by atoms with Gasteiger partial charge in [0.05, 0.1) is 12.3 Å². The van der Waals surface area contributed by atoms with Crippen molar-refractivity contribution in [3.8, 4) is 0 Å². The molecule has 3 N–H and O–H groups in total. The van der Waals surface area contributed by atoms with E-state index in [0.717, 1.165) is 19.1 Å². The SMILES string of the molecule is CS(=O)(=O)Cc1ccc(F)cc1CN=C(N)NC1CCCCC1.I. The highest BCUT2D eigenvalue weighted by molar-refractivity contribution is 14.0. The molecular weight excluding hydrogens is 444 g/mol. The molecular formula is C16H25FIN3O2S. The van der Waals surface area contributed by atoms with E-state index in [1.807, 2.05) is 0 Å². The smallest absolute Gasteiger partial charge is 0.189 e. The molecule has 0 bridgehead atoms. The van der Waals surface area contributed by atoms with E-state index in [-0.39, 0.29) is 36.3 Å². The van der Waals surface area contributed by atoms with Crippen LogP contribution in [0.2, 0.25) is 0 Å². The van der Waals surface area contributed by atoms with Gasteiger partial charge in [0.1, 0.15) is 5.82 Å². The molecule has 0 radical (unpaired) electrons. The Morgan fingerprint density at radius 1 is 1.29 bits per heavy atom. The van der Waals surface area contributed by atoms with Crippen molar-refractivity contribution in [1.82, 2.24) is 5.32 Å². The molecule has 1 saturated carbocycles. The van der Waals surface area contributed by atoms with E-state index in [1.54, 1.807) is 0 Å². The van der Waals surface area contributed by atoms with Gasteiger partial charge in [0.25, 0.3) is 0 Å². The fraction of sp³-hybridized carbons (Fsp3) is 0.562. The minimum Gasteiger partial charge on any atom is -0.370 e. The number of guanidine groups is 1. The molecule has 0 spiro atoms. The van der Waals surface area contributed by atoms with Gasteiger partial charge in [0, 0.05) is 12.3 Å². The molecule has 5 nitrogen and oxygen atoms in total. The van der Waals surface area contributed by atoms with Crippen LogP contribution in [0.25, 0.3) is 0 Å². The Morgan fingerprint density at radius 3 is 2.58 bits per heavy atom. The largest absolute Gasteiger partial charge is 0.370 e. The average molecular weight is 469 g/mol. The predicted octanol–water partition coefficient (Wildman–Crippen LogP) is 2.73. The van der Waals surface area contributed by atoms with Crippen LogP contribution < -0.4 is 11.1 Å². The molecule has 0 aromatic heterocycles. The fourth-order valence-electron chi connectivity index (χ4n) is 2.84. The van der Waals surface area contributed by atoms with Crippen LogP contribution >= 0.6 is 24.0 Å². The molecule has 1 aliphatic rings. The molecule has 1 fully saturated rings. The van der Waals surface area contributed by atoms with Gasteiger partial charge >= 0.3 is 0 Å². The van der Waals surface area contributed by atoms with Gasteiger partial charge in [-0.2, -0.15) is 0 Å². The van der Waals surface area contributed by atoms with Crippen molar-refractivity contribution < 1.29 is 12.8 Å². The summed E-state index contributed by atoms with van der Waals surface area (Å²) in [6, 6.07) is 4.41. The topological polar surface area (TPSA) is 84.5 Å². The van der Waals surface area contributed by atoms with Crippen molar-refractivity contribution >= 4 is 39.8 Å². The van der Waals surface area contributed by atoms with Crippen LogP contribution in [0.1, 0.15) is 43.2 Å². The quantitative estimate of drug-likeness (QED) is 0.395. The number of nitrogens with one attached hydrogen (secondary N) is 1. The lowest BCUT2D eigenvalue weighted by molar-refractivity contribution is 0.412. The first kappa shape index (κ1) is 21.1. The van der Waals surface area contributed by atoms with Gasteiger partial charge in [-0.25, -0.2) is 17.8 Å². The summed E-state index contributed by atoms with van der Waals surface area (Å²) in [7, 11) is -3.19. The maximum atomic E-state index is 13.4. The van der Waals surface area contributed by atoms with Gasteiger partial charge in [-0.1, -0.05) is 25.3 Å². The van der Waals surface area contributed by atoms with E-state index in [1.165, 1.54) is 37.5 Å².